The predicted octanol–water partition coefficient (Wildman–Crippen LogP) is 4.19. The molecule has 1 amide bonds. The minimum Gasteiger partial charge on any atom is -0.480 e. The Morgan fingerprint density at radius 1 is 1.31 bits per heavy atom. The molecule has 0 saturated carbocycles. The first kappa shape index (κ1) is 18.3. The maximum atomic E-state index is 14.0. The molecule has 1 aromatic heterocycles. The van der Waals surface area contributed by atoms with E-state index < -0.39 is 23.7 Å². The van der Waals surface area contributed by atoms with E-state index in [1.54, 1.807) is 31.2 Å². The number of carbonyl (C=O) groups excluding carboxylic acids is 1. The summed E-state index contributed by atoms with van der Waals surface area (Å²) >= 11 is 7.03. The zero-order chi connectivity index (χ0) is 19.0. The number of aromatic nitrogens is 1. The molecular weight excluding hydrogens is 379 g/mol. The third-order valence-electron chi connectivity index (χ3n) is 3.92. The zero-order valence-corrected chi connectivity index (χ0v) is 15.4. The fourth-order valence-corrected chi connectivity index (χ4v) is 3.87. The molecule has 0 aliphatic carbocycles. The van der Waals surface area contributed by atoms with E-state index in [0.29, 0.717) is 20.8 Å². The zero-order valence-electron chi connectivity index (χ0n) is 13.9. The first-order chi connectivity index (χ1) is 12.3. The van der Waals surface area contributed by atoms with Gasteiger partial charge in [-0.3, -0.25) is 4.79 Å². The summed E-state index contributed by atoms with van der Waals surface area (Å²) in [5.74, 6) is -2.11. The highest BCUT2D eigenvalue weighted by Gasteiger charge is 2.20. The summed E-state index contributed by atoms with van der Waals surface area (Å²) in [5, 5.41) is 9.79. The number of benzene rings is 2. The third-order valence-corrected chi connectivity index (χ3v) is 5.17. The lowest BCUT2D eigenvalue weighted by molar-refractivity contribution is -0.140. The van der Waals surface area contributed by atoms with Crippen LogP contribution in [0, 0.1) is 12.7 Å². The Bertz CT molecular complexity index is 1100. The Kier molecular flexibility index (Phi) is 4.93. The van der Waals surface area contributed by atoms with Crippen molar-refractivity contribution in [3.05, 3.63) is 63.2 Å². The molecule has 0 bridgehead atoms. The van der Waals surface area contributed by atoms with Crippen LogP contribution in [0.25, 0.3) is 10.2 Å². The van der Waals surface area contributed by atoms with Crippen molar-refractivity contribution in [2.75, 3.05) is 0 Å². The van der Waals surface area contributed by atoms with Crippen LogP contribution >= 0.6 is 22.9 Å². The van der Waals surface area contributed by atoms with Gasteiger partial charge in [0.05, 0.1) is 10.2 Å². The molecule has 1 atom stereocenters. The SMILES string of the molecule is Cc1cc2s/c(=N\C(=O)c3cccc(Cl)c3)n(C(C)C(=O)O)c2cc1F. The van der Waals surface area contributed by atoms with E-state index >= 15 is 0 Å². The Labute approximate surface area is 157 Å². The molecule has 5 nitrogen and oxygen atoms in total. The summed E-state index contributed by atoms with van der Waals surface area (Å²) in [6.07, 6.45) is 0. The van der Waals surface area contributed by atoms with Crippen molar-refractivity contribution >= 4 is 45.0 Å². The van der Waals surface area contributed by atoms with Crippen molar-refractivity contribution in [1.82, 2.24) is 4.57 Å². The number of carboxylic acid groups (broad SMARTS) is 1. The minimum absolute atomic E-state index is 0.185. The lowest BCUT2D eigenvalue weighted by atomic mass is 10.2. The third kappa shape index (κ3) is 3.40. The number of thiazole rings is 1. The van der Waals surface area contributed by atoms with Crippen molar-refractivity contribution in [2.45, 2.75) is 19.9 Å². The van der Waals surface area contributed by atoms with Gasteiger partial charge in [0.15, 0.2) is 4.80 Å². The van der Waals surface area contributed by atoms with Crippen molar-refractivity contribution in [3.63, 3.8) is 0 Å². The number of halogens is 2. The average Bonchev–Trinajstić information content (AvgIpc) is 2.91. The van der Waals surface area contributed by atoms with Crippen LogP contribution in [0.2, 0.25) is 5.02 Å². The van der Waals surface area contributed by atoms with E-state index in [0.717, 1.165) is 11.3 Å². The molecule has 0 saturated heterocycles. The number of rotatable bonds is 3. The highest BCUT2D eigenvalue weighted by molar-refractivity contribution is 7.16. The summed E-state index contributed by atoms with van der Waals surface area (Å²) in [6.45, 7) is 3.07. The van der Waals surface area contributed by atoms with E-state index in [1.165, 1.54) is 23.6 Å². The Morgan fingerprint density at radius 2 is 2.04 bits per heavy atom. The fraction of sp³-hybridized carbons (Fsp3) is 0.167. The Morgan fingerprint density at radius 3 is 2.69 bits per heavy atom. The van der Waals surface area contributed by atoms with Crippen LogP contribution in [0.15, 0.2) is 41.4 Å². The molecule has 0 aliphatic rings. The predicted molar refractivity (Wildman–Crippen MR) is 98.2 cm³/mol. The molecule has 0 aliphatic heterocycles. The van der Waals surface area contributed by atoms with Gasteiger partial charge >= 0.3 is 5.97 Å². The van der Waals surface area contributed by atoms with Gasteiger partial charge in [-0.2, -0.15) is 4.99 Å². The van der Waals surface area contributed by atoms with E-state index in [2.05, 4.69) is 4.99 Å². The number of fused-ring (bicyclic) bond motifs is 1. The topological polar surface area (TPSA) is 71.7 Å². The van der Waals surface area contributed by atoms with Crippen LogP contribution in [-0.4, -0.2) is 21.6 Å². The van der Waals surface area contributed by atoms with Crippen LogP contribution in [0.4, 0.5) is 4.39 Å². The highest BCUT2D eigenvalue weighted by atomic mass is 35.5. The van der Waals surface area contributed by atoms with Gasteiger partial charge in [0, 0.05) is 10.6 Å². The first-order valence-electron chi connectivity index (χ1n) is 7.66. The molecule has 0 radical (unpaired) electrons. The maximum Gasteiger partial charge on any atom is 0.326 e. The summed E-state index contributed by atoms with van der Waals surface area (Å²) < 4.78 is 16.0. The quantitative estimate of drug-likeness (QED) is 0.726. The number of carbonyl (C=O) groups is 2. The second-order valence-corrected chi connectivity index (χ2v) is 7.21. The molecular formula is C18H14ClFN2O3S. The fourth-order valence-electron chi connectivity index (χ4n) is 2.50. The molecule has 26 heavy (non-hydrogen) atoms. The van der Waals surface area contributed by atoms with Gasteiger partial charge in [0.25, 0.3) is 5.91 Å². The van der Waals surface area contributed by atoms with E-state index in [1.807, 2.05) is 0 Å². The van der Waals surface area contributed by atoms with Gasteiger partial charge in [-0.05, 0) is 49.7 Å². The van der Waals surface area contributed by atoms with Crippen LogP contribution in [0.3, 0.4) is 0 Å². The van der Waals surface area contributed by atoms with Gasteiger partial charge in [0.2, 0.25) is 0 Å². The molecule has 0 spiro atoms. The number of carboxylic acids is 1. The van der Waals surface area contributed by atoms with Crippen LogP contribution in [0.5, 0.6) is 0 Å². The summed E-state index contributed by atoms with van der Waals surface area (Å²) in [6, 6.07) is 8.18. The molecule has 2 aromatic carbocycles. The van der Waals surface area contributed by atoms with Crippen molar-refractivity contribution in [1.29, 1.82) is 0 Å². The van der Waals surface area contributed by atoms with Crippen molar-refractivity contribution < 1.29 is 19.1 Å². The van der Waals surface area contributed by atoms with E-state index in [-0.39, 0.29) is 10.4 Å². The second-order valence-electron chi connectivity index (χ2n) is 5.77. The largest absolute Gasteiger partial charge is 0.480 e. The maximum absolute atomic E-state index is 14.0. The number of aliphatic carboxylic acids is 1. The second kappa shape index (κ2) is 7.01. The van der Waals surface area contributed by atoms with Crippen molar-refractivity contribution in [2.24, 2.45) is 4.99 Å². The molecule has 3 aromatic rings. The summed E-state index contributed by atoms with van der Waals surface area (Å²) in [4.78, 5) is 28.2. The number of nitrogens with zero attached hydrogens (tertiary/aromatic N) is 2. The lowest BCUT2D eigenvalue weighted by Crippen LogP contribution is -2.25. The molecule has 1 heterocycles. The first-order valence-corrected chi connectivity index (χ1v) is 8.86. The number of amides is 1. The van der Waals surface area contributed by atoms with Gasteiger partial charge in [-0.1, -0.05) is 29.0 Å². The molecule has 0 fully saturated rings. The molecule has 1 unspecified atom stereocenters. The molecule has 134 valence electrons. The van der Waals surface area contributed by atoms with Gasteiger partial charge in [-0.15, -0.1) is 0 Å². The lowest BCUT2D eigenvalue weighted by Gasteiger charge is -2.10. The Balaban J connectivity index is 2.25. The van der Waals surface area contributed by atoms with Gasteiger partial charge in [0.1, 0.15) is 11.9 Å². The van der Waals surface area contributed by atoms with Crippen molar-refractivity contribution in [3.8, 4) is 0 Å². The Hall–Kier alpha value is -2.51. The van der Waals surface area contributed by atoms with Gasteiger partial charge in [-0.25, -0.2) is 9.18 Å². The number of hydrogen-bond acceptors (Lipinski definition) is 3. The monoisotopic (exact) mass is 392 g/mol. The van der Waals surface area contributed by atoms with Crippen LogP contribution < -0.4 is 4.80 Å². The highest BCUT2D eigenvalue weighted by Crippen LogP contribution is 2.24. The van der Waals surface area contributed by atoms with Crippen LogP contribution in [-0.2, 0) is 4.79 Å². The summed E-state index contributed by atoms with van der Waals surface area (Å²) in [7, 11) is 0. The summed E-state index contributed by atoms with van der Waals surface area (Å²) in [5.41, 5.74) is 1.10. The molecule has 1 N–H and O–H groups in total. The number of aryl methyl sites for hydroxylation is 1. The van der Waals surface area contributed by atoms with Crippen LogP contribution in [0.1, 0.15) is 28.9 Å². The van der Waals surface area contributed by atoms with Gasteiger partial charge < -0.3 is 9.67 Å². The van der Waals surface area contributed by atoms with E-state index in [4.69, 9.17) is 11.6 Å². The average molecular weight is 393 g/mol. The molecule has 3 rings (SSSR count). The smallest absolute Gasteiger partial charge is 0.326 e. The van der Waals surface area contributed by atoms with E-state index in [9.17, 15) is 19.1 Å². The standard InChI is InChI=1S/C18H14ClFN2O3S/c1-9-6-15-14(8-13(9)20)22(10(2)17(24)25)18(26-15)21-16(23)11-4-3-5-12(19)7-11/h3-8,10H,1-2H3,(H,24,25)/b21-18-. The number of hydrogen-bond donors (Lipinski definition) is 1. The molecule has 8 heteroatoms. The minimum atomic E-state index is -1.11. The normalized spacial score (nSPS) is 13.2.